The normalized spacial score (nSPS) is 17.6. The molecule has 4 nitrogen and oxygen atoms in total. The van der Waals surface area contributed by atoms with E-state index in [-0.39, 0.29) is 0 Å². The van der Waals surface area contributed by atoms with E-state index in [0.717, 1.165) is 38.4 Å². The van der Waals surface area contributed by atoms with Gasteiger partial charge in [-0.3, -0.25) is 4.90 Å². The van der Waals surface area contributed by atoms with Crippen molar-refractivity contribution in [1.29, 1.82) is 0 Å². The van der Waals surface area contributed by atoms with Gasteiger partial charge in [0.1, 0.15) is 16.5 Å². The summed E-state index contributed by atoms with van der Waals surface area (Å²) in [5, 5.41) is 1.37. The fourth-order valence-electron chi connectivity index (χ4n) is 4.77. The van der Waals surface area contributed by atoms with Crippen LogP contribution in [0.1, 0.15) is 48.0 Å². The molecular formula is C24H30N4S. The SMILES string of the molecule is CCCN1CCN(c2nc(Cc3ccccc3)nc3sc4c(c23)CCCC4)CC1. The Morgan fingerprint density at radius 1 is 0.966 bits per heavy atom. The number of aryl methyl sites for hydroxylation is 2. The predicted octanol–water partition coefficient (Wildman–Crippen LogP) is 4.69. The lowest BCUT2D eigenvalue weighted by Crippen LogP contribution is -2.47. The molecule has 0 atom stereocenters. The Balaban J connectivity index is 1.53. The number of hydrogen-bond donors (Lipinski definition) is 0. The summed E-state index contributed by atoms with van der Waals surface area (Å²) in [7, 11) is 0. The molecule has 1 aromatic carbocycles. The summed E-state index contributed by atoms with van der Waals surface area (Å²) < 4.78 is 0. The molecular weight excluding hydrogens is 376 g/mol. The Kier molecular flexibility index (Phi) is 5.51. The van der Waals surface area contributed by atoms with Crippen LogP contribution in [-0.4, -0.2) is 47.6 Å². The van der Waals surface area contributed by atoms with Gasteiger partial charge in [0.05, 0.1) is 5.39 Å². The van der Waals surface area contributed by atoms with E-state index in [2.05, 4.69) is 47.1 Å². The minimum absolute atomic E-state index is 0.808. The Bertz CT molecular complexity index is 973. The minimum atomic E-state index is 0.808. The number of aromatic nitrogens is 2. The van der Waals surface area contributed by atoms with E-state index >= 15 is 0 Å². The summed E-state index contributed by atoms with van der Waals surface area (Å²) in [6.07, 6.45) is 7.07. The third kappa shape index (κ3) is 3.90. The summed E-state index contributed by atoms with van der Waals surface area (Å²) >= 11 is 1.92. The second-order valence-electron chi connectivity index (χ2n) is 8.35. The molecule has 1 fully saturated rings. The third-order valence-corrected chi connectivity index (χ3v) is 7.44. The minimum Gasteiger partial charge on any atom is -0.353 e. The molecule has 0 spiro atoms. The molecule has 0 radical (unpaired) electrons. The van der Waals surface area contributed by atoms with E-state index in [9.17, 15) is 0 Å². The second kappa shape index (κ2) is 8.41. The molecule has 0 N–H and O–H groups in total. The number of fused-ring (bicyclic) bond motifs is 3. The van der Waals surface area contributed by atoms with E-state index in [4.69, 9.17) is 9.97 Å². The van der Waals surface area contributed by atoms with Gasteiger partial charge in [-0.1, -0.05) is 37.3 Å². The van der Waals surface area contributed by atoms with Crippen molar-refractivity contribution in [3.05, 3.63) is 52.2 Å². The molecule has 2 aromatic heterocycles. The predicted molar refractivity (Wildman–Crippen MR) is 122 cm³/mol. The van der Waals surface area contributed by atoms with Gasteiger partial charge >= 0.3 is 0 Å². The zero-order valence-electron chi connectivity index (χ0n) is 17.4. The number of hydrogen-bond acceptors (Lipinski definition) is 5. The zero-order valence-corrected chi connectivity index (χ0v) is 18.2. The van der Waals surface area contributed by atoms with E-state index < -0.39 is 0 Å². The summed E-state index contributed by atoms with van der Waals surface area (Å²) in [4.78, 5) is 18.1. The molecule has 3 aromatic rings. The maximum absolute atomic E-state index is 5.17. The Labute approximate surface area is 177 Å². The molecule has 29 heavy (non-hydrogen) atoms. The van der Waals surface area contributed by atoms with Gasteiger partial charge in [0, 0.05) is 37.5 Å². The molecule has 5 rings (SSSR count). The van der Waals surface area contributed by atoms with Crippen molar-refractivity contribution < 1.29 is 0 Å². The zero-order chi connectivity index (χ0) is 19.6. The van der Waals surface area contributed by atoms with Crippen molar-refractivity contribution in [3.63, 3.8) is 0 Å². The molecule has 5 heteroatoms. The van der Waals surface area contributed by atoms with Crippen LogP contribution >= 0.6 is 11.3 Å². The lowest BCUT2D eigenvalue weighted by Gasteiger charge is -2.35. The van der Waals surface area contributed by atoms with Crippen molar-refractivity contribution in [1.82, 2.24) is 14.9 Å². The fourth-order valence-corrected chi connectivity index (χ4v) is 6.04. The number of rotatable bonds is 5. The van der Waals surface area contributed by atoms with E-state index in [1.807, 2.05) is 11.3 Å². The van der Waals surface area contributed by atoms with E-state index in [1.54, 1.807) is 10.4 Å². The molecule has 1 aliphatic heterocycles. The van der Waals surface area contributed by atoms with Crippen molar-refractivity contribution >= 4 is 27.4 Å². The van der Waals surface area contributed by atoms with Crippen molar-refractivity contribution in [3.8, 4) is 0 Å². The number of nitrogens with zero attached hydrogens (tertiary/aromatic N) is 4. The van der Waals surface area contributed by atoms with Gasteiger partial charge in [-0.15, -0.1) is 11.3 Å². The standard InChI is InChI=1S/C24H30N4S/c1-2-12-27-13-15-28(16-14-27)23-22-19-10-6-7-11-20(19)29-24(22)26-21(25-23)17-18-8-4-3-5-9-18/h3-5,8-9H,2,6-7,10-17H2,1H3. The number of thiophene rings is 1. The Hall–Kier alpha value is -1.98. The Morgan fingerprint density at radius 3 is 2.55 bits per heavy atom. The van der Waals surface area contributed by atoms with Crippen molar-refractivity contribution in [2.75, 3.05) is 37.6 Å². The molecule has 0 saturated carbocycles. The fraction of sp³-hybridized carbons (Fsp3) is 0.500. The molecule has 1 aliphatic carbocycles. The first kappa shape index (κ1) is 19.0. The summed E-state index contributed by atoms with van der Waals surface area (Å²) in [5.41, 5.74) is 2.83. The summed E-state index contributed by atoms with van der Waals surface area (Å²) in [5.74, 6) is 2.17. The van der Waals surface area contributed by atoms with Gasteiger partial charge in [-0.25, -0.2) is 9.97 Å². The molecule has 3 heterocycles. The first-order valence-corrected chi connectivity index (χ1v) is 12.0. The van der Waals surface area contributed by atoms with Crippen molar-refractivity contribution in [2.24, 2.45) is 0 Å². The monoisotopic (exact) mass is 406 g/mol. The largest absolute Gasteiger partial charge is 0.353 e. The third-order valence-electron chi connectivity index (χ3n) is 6.26. The second-order valence-corrected chi connectivity index (χ2v) is 9.43. The average molecular weight is 407 g/mol. The number of benzene rings is 1. The van der Waals surface area contributed by atoms with Crippen LogP contribution in [0.5, 0.6) is 0 Å². The van der Waals surface area contributed by atoms with Gasteiger partial charge < -0.3 is 4.90 Å². The van der Waals surface area contributed by atoms with Crippen molar-refractivity contribution in [2.45, 2.75) is 45.4 Å². The molecule has 0 amide bonds. The molecule has 0 bridgehead atoms. The first-order valence-electron chi connectivity index (χ1n) is 11.1. The van der Waals surface area contributed by atoms with Crippen LogP contribution < -0.4 is 4.90 Å². The lowest BCUT2D eigenvalue weighted by atomic mass is 9.96. The first-order chi connectivity index (χ1) is 14.3. The maximum atomic E-state index is 5.17. The van der Waals surface area contributed by atoms with Gasteiger partial charge in [0.2, 0.25) is 0 Å². The van der Waals surface area contributed by atoms with Gasteiger partial charge in [-0.2, -0.15) is 0 Å². The highest BCUT2D eigenvalue weighted by Gasteiger charge is 2.26. The van der Waals surface area contributed by atoms with Crippen LogP contribution in [0, 0.1) is 0 Å². The summed E-state index contributed by atoms with van der Waals surface area (Å²) in [6.45, 7) is 7.90. The van der Waals surface area contributed by atoms with E-state index in [0.29, 0.717) is 0 Å². The topological polar surface area (TPSA) is 32.3 Å². The van der Waals surface area contributed by atoms with Crippen LogP contribution in [0.3, 0.4) is 0 Å². The van der Waals surface area contributed by atoms with Gasteiger partial charge in [0.15, 0.2) is 0 Å². The molecule has 2 aliphatic rings. The Morgan fingerprint density at radius 2 is 1.76 bits per heavy atom. The highest BCUT2D eigenvalue weighted by Crippen LogP contribution is 2.40. The number of anilines is 1. The summed E-state index contributed by atoms with van der Waals surface area (Å²) in [6, 6.07) is 10.6. The van der Waals surface area contributed by atoms with Crippen LogP contribution in [0.2, 0.25) is 0 Å². The van der Waals surface area contributed by atoms with Crippen LogP contribution in [0.25, 0.3) is 10.2 Å². The smallest absolute Gasteiger partial charge is 0.141 e. The van der Waals surface area contributed by atoms with Gasteiger partial charge in [0.25, 0.3) is 0 Å². The highest BCUT2D eigenvalue weighted by molar-refractivity contribution is 7.19. The highest BCUT2D eigenvalue weighted by atomic mass is 32.1. The van der Waals surface area contributed by atoms with Gasteiger partial charge in [-0.05, 0) is 49.8 Å². The lowest BCUT2D eigenvalue weighted by molar-refractivity contribution is 0.258. The quantitative estimate of drug-likeness (QED) is 0.615. The average Bonchev–Trinajstić information content (AvgIpc) is 3.13. The van der Waals surface area contributed by atoms with Crippen LogP contribution in [0.15, 0.2) is 30.3 Å². The van der Waals surface area contributed by atoms with E-state index in [1.165, 1.54) is 60.2 Å². The molecule has 152 valence electrons. The van der Waals surface area contributed by atoms with Crippen LogP contribution in [-0.2, 0) is 19.3 Å². The molecule has 1 saturated heterocycles. The maximum Gasteiger partial charge on any atom is 0.141 e. The number of piperazine rings is 1. The van der Waals surface area contributed by atoms with Crippen LogP contribution in [0.4, 0.5) is 5.82 Å². The molecule has 0 unspecified atom stereocenters.